The molecular formula is C16H13NOS2. The fraction of sp³-hybridized carbons (Fsp3) is 0.125. The van der Waals surface area contributed by atoms with Crippen LogP contribution in [-0.4, -0.2) is 10.8 Å². The van der Waals surface area contributed by atoms with E-state index in [0.29, 0.717) is 6.42 Å². The van der Waals surface area contributed by atoms with Gasteiger partial charge in [0.15, 0.2) is 5.78 Å². The van der Waals surface area contributed by atoms with Crippen molar-refractivity contribution >= 4 is 28.5 Å². The van der Waals surface area contributed by atoms with Gasteiger partial charge < -0.3 is 0 Å². The molecule has 0 aliphatic heterocycles. The normalized spacial score (nSPS) is 10.7. The van der Waals surface area contributed by atoms with E-state index in [-0.39, 0.29) is 5.78 Å². The highest BCUT2D eigenvalue weighted by Crippen LogP contribution is 2.23. The molecule has 0 aliphatic carbocycles. The maximum atomic E-state index is 12.2. The van der Waals surface area contributed by atoms with Crippen molar-refractivity contribution in [2.75, 3.05) is 0 Å². The van der Waals surface area contributed by atoms with Gasteiger partial charge in [0.25, 0.3) is 0 Å². The summed E-state index contributed by atoms with van der Waals surface area (Å²) in [5, 5.41) is 2.89. The molecule has 100 valence electrons. The van der Waals surface area contributed by atoms with Crippen LogP contribution in [0.1, 0.15) is 19.6 Å². The van der Waals surface area contributed by atoms with Gasteiger partial charge in [0.1, 0.15) is 5.01 Å². The van der Waals surface area contributed by atoms with Gasteiger partial charge in [-0.15, -0.1) is 22.7 Å². The Morgan fingerprint density at radius 1 is 1.15 bits per heavy atom. The van der Waals surface area contributed by atoms with E-state index in [4.69, 9.17) is 0 Å². The summed E-state index contributed by atoms with van der Waals surface area (Å²) in [6.07, 6.45) is 0.386. The van der Waals surface area contributed by atoms with Crippen LogP contribution in [0, 0.1) is 6.92 Å². The smallest absolute Gasteiger partial charge is 0.179 e. The van der Waals surface area contributed by atoms with Crippen molar-refractivity contribution in [1.82, 2.24) is 4.98 Å². The molecule has 0 amide bonds. The zero-order valence-electron chi connectivity index (χ0n) is 11.0. The van der Waals surface area contributed by atoms with Gasteiger partial charge in [-0.05, 0) is 19.1 Å². The van der Waals surface area contributed by atoms with E-state index in [1.807, 2.05) is 54.8 Å². The Balaban J connectivity index is 1.76. The van der Waals surface area contributed by atoms with Crippen LogP contribution in [0.5, 0.6) is 0 Å². The van der Waals surface area contributed by atoms with E-state index in [1.165, 1.54) is 0 Å². The standard InChI is InChI=1S/C16H13NOS2/c1-11-7-8-15(20-11)14(18)9-16-17-13(10-19-16)12-5-3-2-4-6-12/h2-8,10H,9H2,1H3. The average molecular weight is 299 g/mol. The lowest BCUT2D eigenvalue weighted by molar-refractivity contribution is 0.0997. The lowest BCUT2D eigenvalue weighted by atomic mass is 10.2. The number of rotatable bonds is 4. The van der Waals surface area contributed by atoms with E-state index < -0.39 is 0 Å². The Morgan fingerprint density at radius 3 is 2.65 bits per heavy atom. The van der Waals surface area contributed by atoms with Crippen LogP contribution in [0.3, 0.4) is 0 Å². The van der Waals surface area contributed by atoms with Crippen LogP contribution >= 0.6 is 22.7 Å². The van der Waals surface area contributed by atoms with Crippen molar-refractivity contribution in [2.24, 2.45) is 0 Å². The number of aromatic nitrogens is 1. The number of thiazole rings is 1. The number of hydrogen-bond donors (Lipinski definition) is 0. The number of benzene rings is 1. The summed E-state index contributed by atoms with van der Waals surface area (Å²) in [7, 11) is 0. The number of nitrogens with zero attached hydrogens (tertiary/aromatic N) is 1. The molecule has 0 unspecified atom stereocenters. The first-order valence-corrected chi connectivity index (χ1v) is 8.01. The predicted molar refractivity (Wildman–Crippen MR) is 84.6 cm³/mol. The fourth-order valence-electron chi connectivity index (χ4n) is 1.94. The van der Waals surface area contributed by atoms with Gasteiger partial charge in [0.05, 0.1) is 17.0 Å². The molecule has 2 nitrogen and oxygen atoms in total. The van der Waals surface area contributed by atoms with Gasteiger partial charge in [-0.1, -0.05) is 30.3 Å². The molecule has 0 N–H and O–H groups in total. The van der Waals surface area contributed by atoms with Crippen molar-refractivity contribution in [2.45, 2.75) is 13.3 Å². The van der Waals surface area contributed by atoms with Gasteiger partial charge in [-0.2, -0.15) is 0 Å². The monoisotopic (exact) mass is 299 g/mol. The van der Waals surface area contributed by atoms with Crippen LogP contribution in [0.2, 0.25) is 0 Å². The molecule has 1 aromatic carbocycles. The SMILES string of the molecule is Cc1ccc(C(=O)Cc2nc(-c3ccccc3)cs2)s1. The summed E-state index contributed by atoms with van der Waals surface area (Å²) < 4.78 is 0. The Kier molecular flexibility index (Phi) is 3.76. The first kappa shape index (κ1) is 13.2. The van der Waals surface area contributed by atoms with E-state index in [2.05, 4.69) is 4.98 Å². The quantitative estimate of drug-likeness (QED) is 0.659. The molecule has 0 atom stereocenters. The molecular weight excluding hydrogens is 286 g/mol. The van der Waals surface area contributed by atoms with Crippen molar-refractivity contribution in [3.05, 3.63) is 62.6 Å². The summed E-state index contributed by atoms with van der Waals surface area (Å²) in [5.74, 6) is 0.150. The first-order chi connectivity index (χ1) is 9.72. The molecule has 0 aliphatic rings. The van der Waals surface area contributed by atoms with Crippen molar-refractivity contribution < 1.29 is 4.79 Å². The minimum Gasteiger partial charge on any atom is -0.293 e. The van der Waals surface area contributed by atoms with Crippen molar-refractivity contribution in [3.8, 4) is 11.3 Å². The zero-order chi connectivity index (χ0) is 13.9. The number of Topliss-reactive ketones (excluding diaryl/α,β-unsaturated/α-hetero) is 1. The molecule has 0 saturated carbocycles. The summed E-state index contributed by atoms with van der Waals surface area (Å²) in [4.78, 5) is 18.7. The Labute approximate surface area is 125 Å². The number of aryl methyl sites for hydroxylation is 1. The van der Waals surface area contributed by atoms with E-state index in [1.54, 1.807) is 22.7 Å². The Bertz CT molecular complexity index is 728. The summed E-state index contributed by atoms with van der Waals surface area (Å²) in [5.41, 5.74) is 2.04. The van der Waals surface area contributed by atoms with Crippen LogP contribution < -0.4 is 0 Å². The molecule has 0 bridgehead atoms. The van der Waals surface area contributed by atoms with Crippen LogP contribution in [0.4, 0.5) is 0 Å². The van der Waals surface area contributed by atoms with Gasteiger partial charge in [-0.25, -0.2) is 4.98 Å². The fourth-order valence-corrected chi connectivity index (χ4v) is 3.55. The molecule has 3 aromatic rings. The highest BCUT2D eigenvalue weighted by molar-refractivity contribution is 7.14. The lowest BCUT2D eigenvalue weighted by Crippen LogP contribution is -2.00. The molecule has 0 radical (unpaired) electrons. The molecule has 3 rings (SSSR count). The number of hydrogen-bond acceptors (Lipinski definition) is 4. The second-order valence-corrected chi connectivity index (χ2v) is 6.73. The third-order valence-corrected chi connectivity index (χ3v) is 4.84. The van der Waals surface area contributed by atoms with Gasteiger partial charge in [0, 0.05) is 15.8 Å². The molecule has 20 heavy (non-hydrogen) atoms. The number of ketones is 1. The van der Waals surface area contributed by atoms with Crippen LogP contribution in [0.15, 0.2) is 47.8 Å². The Hall–Kier alpha value is -1.78. The summed E-state index contributed by atoms with van der Waals surface area (Å²) >= 11 is 3.09. The maximum absolute atomic E-state index is 12.2. The number of carbonyl (C=O) groups is 1. The van der Waals surface area contributed by atoms with Crippen molar-refractivity contribution in [3.63, 3.8) is 0 Å². The van der Waals surface area contributed by atoms with Gasteiger partial charge in [-0.3, -0.25) is 4.79 Å². The van der Waals surface area contributed by atoms with Crippen LogP contribution in [0.25, 0.3) is 11.3 Å². The second-order valence-electron chi connectivity index (χ2n) is 4.50. The Morgan fingerprint density at radius 2 is 1.95 bits per heavy atom. The first-order valence-electron chi connectivity index (χ1n) is 6.32. The largest absolute Gasteiger partial charge is 0.293 e. The van der Waals surface area contributed by atoms with Crippen LogP contribution in [-0.2, 0) is 6.42 Å². The maximum Gasteiger partial charge on any atom is 0.179 e. The average Bonchev–Trinajstić information content (AvgIpc) is 3.09. The lowest BCUT2D eigenvalue weighted by Gasteiger charge is -1.95. The van der Waals surface area contributed by atoms with E-state index in [0.717, 1.165) is 26.0 Å². The third kappa shape index (κ3) is 2.86. The minimum absolute atomic E-state index is 0.150. The number of thiophene rings is 1. The molecule has 2 heterocycles. The molecule has 0 fully saturated rings. The topological polar surface area (TPSA) is 30.0 Å². The summed E-state index contributed by atoms with van der Waals surface area (Å²) in [6, 6.07) is 13.9. The third-order valence-electron chi connectivity index (χ3n) is 2.95. The minimum atomic E-state index is 0.150. The highest BCUT2D eigenvalue weighted by atomic mass is 32.1. The molecule has 4 heteroatoms. The summed E-state index contributed by atoms with van der Waals surface area (Å²) in [6.45, 7) is 2.01. The number of carbonyl (C=O) groups excluding carboxylic acids is 1. The zero-order valence-corrected chi connectivity index (χ0v) is 12.6. The van der Waals surface area contributed by atoms with E-state index >= 15 is 0 Å². The molecule has 0 saturated heterocycles. The highest BCUT2D eigenvalue weighted by Gasteiger charge is 2.12. The van der Waals surface area contributed by atoms with Gasteiger partial charge in [0.2, 0.25) is 0 Å². The molecule has 2 aromatic heterocycles. The predicted octanol–water partition coefficient (Wildman–Crippen LogP) is 4.61. The molecule has 0 spiro atoms. The van der Waals surface area contributed by atoms with Crippen molar-refractivity contribution in [1.29, 1.82) is 0 Å². The van der Waals surface area contributed by atoms with E-state index in [9.17, 15) is 4.79 Å². The second kappa shape index (κ2) is 5.69. The van der Waals surface area contributed by atoms with Gasteiger partial charge >= 0.3 is 0 Å².